The highest BCUT2D eigenvalue weighted by atomic mass is 127. The van der Waals surface area contributed by atoms with Crippen molar-refractivity contribution in [3.05, 3.63) is 18.3 Å². The Morgan fingerprint density at radius 2 is 2.45 bits per heavy atom. The second kappa shape index (κ2) is 3.86. The molecule has 0 amide bonds. The first kappa shape index (κ1) is 9.47. The summed E-state index contributed by atoms with van der Waals surface area (Å²) in [6.07, 6.45) is 0. The molecule has 0 spiro atoms. The van der Waals surface area contributed by atoms with Gasteiger partial charge in [0.1, 0.15) is 4.88 Å². The predicted octanol–water partition coefficient (Wildman–Crippen LogP) is 2.90. The Bertz CT molecular complexity index is 265. The summed E-state index contributed by atoms with van der Waals surface area (Å²) < 4.78 is 6.56. The van der Waals surface area contributed by atoms with Crippen LogP contribution in [0.4, 0.5) is 0 Å². The second-order valence-corrected chi connectivity index (χ2v) is 5.44. The number of rotatable bonds is 1. The minimum atomic E-state index is -0.279. The van der Waals surface area contributed by atoms with Crippen molar-refractivity contribution in [3.63, 3.8) is 0 Å². The zero-order chi connectivity index (χ0) is 8.43. The second-order valence-electron chi connectivity index (χ2n) is 1.72. The van der Waals surface area contributed by atoms with Crippen LogP contribution < -0.4 is 0 Å². The van der Waals surface area contributed by atoms with Gasteiger partial charge >= 0.3 is 5.97 Å². The van der Waals surface area contributed by atoms with Crippen molar-refractivity contribution < 1.29 is 9.53 Å². The maximum Gasteiger partial charge on any atom is 0.348 e. The first-order valence-electron chi connectivity index (χ1n) is 2.68. The van der Waals surface area contributed by atoms with Gasteiger partial charge in [-0.25, -0.2) is 4.79 Å². The van der Waals surface area contributed by atoms with E-state index in [-0.39, 0.29) is 5.97 Å². The Hall–Kier alpha value is 0.380. The molecule has 0 saturated heterocycles. The molecule has 0 unspecified atom stereocenters. The van der Waals surface area contributed by atoms with Gasteiger partial charge in [0.25, 0.3) is 0 Å². The maximum atomic E-state index is 10.9. The molecule has 5 heteroatoms. The van der Waals surface area contributed by atoms with Crippen molar-refractivity contribution in [2.24, 2.45) is 0 Å². The van der Waals surface area contributed by atoms with E-state index in [4.69, 9.17) is 0 Å². The van der Waals surface area contributed by atoms with Crippen molar-refractivity contribution in [2.75, 3.05) is 7.11 Å². The highest BCUT2D eigenvalue weighted by molar-refractivity contribution is 14.1. The van der Waals surface area contributed by atoms with Crippen LogP contribution in [0, 0.1) is 2.88 Å². The maximum absolute atomic E-state index is 10.9. The van der Waals surface area contributed by atoms with Crippen LogP contribution in [-0.2, 0) is 4.74 Å². The van der Waals surface area contributed by atoms with Gasteiger partial charge in [0, 0.05) is 4.47 Å². The minimum absolute atomic E-state index is 0.279. The van der Waals surface area contributed by atoms with Crippen molar-refractivity contribution in [1.29, 1.82) is 0 Å². The molecule has 1 heterocycles. The fraction of sp³-hybridized carbons (Fsp3) is 0.167. The quantitative estimate of drug-likeness (QED) is 0.577. The summed E-state index contributed by atoms with van der Waals surface area (Å²) >= 11 is 6.88. The molecule has 0 aromatic carbocycles. The summed E-state index contributed by atoms with van der Waals surface area (Å²) in [5.41, 5.74) is 0. The summed E-state index contributed by atoms with van der Waals surface area (Å²) in [7, 11) is 1.38. The van der Waals surface area contributed by atoms with E-state index in [2.05, 4.69) is 43.3 Å². The van der Waals surface area contributed by atoms with Crippen molar-refractivity contribution in [3.8, 4) is 0 Å². The van der Waals surface area contributed by atoms with Crippen LogP contribution in [0.25, 0.3) is 0 Å². The number of thiophene rings is 1. The topological polar surface area (TPSA) is 26.3 Å². The molecule has 1 aromatic heterocycles. The van der Waals surface area contributed by atoms with E-state index in [0.717, 1.165) is 7.36 Å². The smallest absolute Gasteiger partial charge is 0.348 e. The summed E-state index contributed by atoms with van der Waals surface area (Å²) in [6, 6.07) is 1.76. The molecule has 0 aliphatic rings. The summed E-state index contributed by atoms with van der Waals surface area (Å²) in [6.45, 7) is 0. The lowest BCUT2D eigenvalue weighted by molar-refractivity contribution is 0.0606. The average molecular weight is 347 g/mol. The number of halogens is 2. The van der Waals surface area contributed by atoms with Crippen molar-refractivity contribution >= 4 is 55.8 Å². The minimum Gasteiger partial charge on any atom is -0.465 e. The Balaban J connectivity index is 2.97. The Morgan fingerprint density at radius 3 is 2.82 bits per heavy atom. The molecule has 1 rings (SSSR count). The number of methoxy groups -OCH3 is 1. The van der Waals surface area contributed by atoms with Crippen LogP contribution in [0.2, 0.25) is 0 Å². The zero-order valence-electron chi connectivity index (χ0n) is 5.56. The van der Waals surface area contributed by atoms with Crippen LogP contribution in [0.1, 0.15) is 9.67 Å². The fourth-order valence-corrected chi connectivity index (χ4v) is 2.73. The molecule has 0 radical (unpaired) electrons. The van der Waals surface area contributed by atoms with E-state index in [9.17, 15) is 4.79 Å². The molecule has 60 valence electrons. The Morgan fingerprint density at radius 1 is 1.82 bits per heavy atom. The van der Waals surface area contributed by atoms with Crippen LogP contribution in [-0.4, -0.2) is 13.1 Å². The standard InChI is InChI=1S/C6H4BrIO2S/c1-10-6(9)4-2-3(7)5(8)11-4/h2H,1H3. The predicted molar refractivity (Wildman–Crippen MR) is 56.1 cm³/mol. The lowest BCUT2D eigenvalue weighted by atomic mass is 10.5. The summed E-state index contributed by atoms with van der Waals surface area (Å²) in [4.78, 5) is 11.6. The highest BCUT2D eigenvalue weighted by Crippen LogP contribution is 2.28. The SMILES string of the molecule is COC(=O)c1cc(Br)c(I)s1. The first-order chi connectivity index (χ1) is 5.15. The van der Waals surface area contributed by atoms with Crippen molar-refractivity contribution in [1.82, 2.24) is 0 Å². The van der Waals surface area contributed by atoms with Crippen molar-refractivity contribution in [2.45, 2.75) is 0 Å². The molecule has 2 nitrogen and oxygen atoms in total. The van der Waals surface area contributed by atoms with E-state index < -0.39 is 0 Å². The largest absolute Gasteiger partial charge is 0.465 e. The van der Waals surface area contributed by atoms with Gasteiger partial charge in [0.15, 0.2) is 0 Å². The normalized spacial score (nSPS) is 9.73. The van der Waals surface area contributed by atoms with Gasteiger partial charge in [0.05, 0.1) is 9.99 Å². The van der Waals surface area contributed by atoms with Gasteiger partial charge in [-0.2, -0.15) is 0 Å². The number of carbonyl (C=O) groups is 1. The molecule has 0 aliphatic heterocycles. The lowest BCUT2D eigenvalue weighted by Crippen LogP contribution is -1.96. The van der Waals surface area contributed by atoms with Gasteiger partial charge in [0.2, 0.25) is 0 Å². The van der Waals surface area contributed by atoms with E-state index in [1.807, 2.05) is 0 Å². The monoisotopic (exact) mass is 346 g/mol. The number of carbonyl (C=O) groups excluding carboxylic acids is 1. The molecular formula is C6H4BrIO2S. The van der Waals surface area contributed by atoms with Crippen LogP contribution in [0.5, 0.6) is 0 Å². The van der Waals surface area contributed by atoms with Gasteiger partial charge in [-0.3, -0.25) is 0 Å². The molecule has 0 aliphatic carbocycles. The number of ether oxygens (including phenoxy) is 1. The molecule has 11 heavy (non-hydrogen) atoms. The molecule has 0 fully saturated rings. The van der Waals surface area contributed by atoms with Gasteiger partial charge in [-0.1, -0.05) is 0 Å². The summed E-state index contributed by atoms with van der Waals surface area (Å²) in [5, 5.41) is 0. The highest BCUT2D eigenvalue weighted by Gasteiger charge is 2.11. The average Bonchev–Trinajstić information content (AvgIpc) is 2.31. The van der Waals surface area contributed by atoms with Crippen LogP contribution in [0.3, 0.4) is 0 Å². The molecular weight excluding hydrogens is 343 g/mol. The first-order valence-corrected chi connectivity index (χ1v) is 5.37. The van der Waals surface area contributed by atoms with Crippen LogP contribution >= 0.6 is 49.9 Å². The molecule has 1 aromatic rings. The third kappa shape index (κ3) is 2.16. The lowest BCUT2D eigenvalue weighted by Gasteiger charge is -1.90. The Kier molecular flexibility index (Phi) is 3.32. The molecule has 0 bridgehead atoms. The number of esters is 1. The third-order valence-corrected chi connectivity index (χ3v) is 4.81. The number of hydrogen-bond acceptors (Lipinski definition) is 3. The van der Waals surface area contributed by atoms with E-state index in [1.165, 1.54) is 18.4 Å². The Labute approximate surface area is 90.2 Å². The summed E-state index contributed by atoms with van der Waals surface area (Å²) in [5.74, 6) is -0.279. The third-order valence-electron chi connectivity index (χ3n) is 1.03. The van der Waals surface area contributed by atoms with Crippen LogP contribution in [0.15, 0.2) is 10.5 Å². The van der Waals surface area contributed by atoms with Gasteiger partial charge in [-0.05, 0) is 44.6 Å². The van der Waals surface area contributed by atoms with E-state index in [1.54, 1.807) is 6.07 Å². The fourth-order valence-electron chi connectivity index (χ4n) is 0.548. The van der Waals surface area contributed by atoms with Gasteiger partial charge in [-0.15, -0.1) is 11.3 Å². The molecule has 0 atom stereocenters. The van der Waals surface area contributed by atoms with E-state index in [0.29, 0.717) is 4.88 Å². The number of hydrogen-bond donors (Lipinski definition) is 0. The molecule has 0 saturated carbocycles. The molecule has 0 N–H and O–H groups in total. The van der Waals surface area contributed by atoms with E-state index >= 15 is 0 Å². The van der Waals surface area contributed by atoms with Gasteiger partial charge < -0.3 is 4.74 Å². The zero-order valence-corrected chi connectivity index (χ0v) is 10.1.